The van der Waals surface area contributed by atoms with E-state index in [9.17, 15) is 9.59 Å². The van der Waals surface area contributed by atoms with Gasteiger partial charge in [-0.15, -0.1) is 0 Å². The summed E-state index contributed by atoms with van der Waals surface area (Å²) in [6.45, 7) is 7.05. The van der Waals surface area contributed by atoms with Gasteiger partial charge in [0, 0.05) is 40.1 Å². The highest BCUT2D eigenvalue weighted by Gasteiger charge is 2.47. The number of aromatic nitrogens is 1. The monoisotopic (exact) mass is 431 g/mol. The Kier molecular flexibility index (Phi) is 4.68. The molecule has 1 aromatic heterocycles. The average molecular weight is 432 g/mol. The van der Waals surface area contributed by atoms with E-state index in [1.807, 2.05) is 18.2 Å². The third-order valence-corrected chi connectivity index (χ3v) is 5.85. The van der Waals surface area contributed by atoms with Crippen molar-refractivity contribution in [2.24, 2.45) is 0 Å². The second kappa shape index (κ2) is 6.87. The molecule has 0 bridgehead atoms. The molecule has 1 aromatic carbocycles. The van der Waals surface area contributed by atoms with Crippen LogP contribution >= 0.6 is 15.9 Å². The van der Waals surface area contributed by atoms with Gasteiger partial charge in [-0.3, -0.25) is 14.7 Å². The number of pyridine rings is 1. The van der Waals surface area contributed by atoms with Crippen LogP contribution in [0.3, 0.4) is 0 Å². The van der Waals surface area contributed by atoms with Gasteiger partial charge in [-0.2, -0.15) is 0 Å². The molecule has 0 radical (unpaired) electrons. The standard InChI is InChI=1S/C20H22BrN3O3/c1-4-27-20(26)17-18-16-14(7-8-24(18)10(2)3)22-13-6-5-11(21)9-12(13)15(16)19(25)23-17/h5-6,9-10,17-18H,4,7-8H2,1-3H3,(H,23,25)/t17-,18+/m1/s1. The number of amides is 1. The molecule has 0 saturated heterocycles. The van der Waals surface area contributed by atoms with Crippen LogP contribution in [0, 0.1) is 0 Å². The van der Waals surface area contributed by atoms with E-state index in [0.717, 1.165) is 39.6 Å². The molecule has 2 aliphatic heterocycles. The molecule has 0 saturated carbocycles. The van der Waals surface area contributed by atoms with Crippen LogP contribution in [-0.2, 0) is 16.0 Å². The molecule has 3 heterocycles. The van der Waals surface area contributed by atoms with E-state index < -0.39 is 12.0 Å². The second-order valence-electron chi connectivity index (χ2n) is 7.24. The van der Waals surface area contributed by atoms with Crippen molar-refractivity contribution in [1.82, 2.24) is 15.2 Å². The van der Waals surface area contributed by atoms with Gasteiger partial charge in [0.05, 0.1) is 23.7 Å². The summed E-state index contributed by atoms with van der Waals surface area (Å²) in [6.07, 6.45) is 0.756. The molecule has 2 atom stereocenters. The van der Waals surface area contributed by atoms with Crippen molar-refractivity contribution in [2.75, 3.05) is 13.2 Å². The number of carbonyl (C=O) groups excluding carboxylic acids is 2. The molecule has 0 fully saturated rings. The molecule has 4 rings (SSSR count). The van der Waals surface area contributed by atoms with Crippen molar-refractivity contribution in [3.63, 3.8) is 0 Å². The first-order chi connectivity index (χ1) is 12.9. The minimum Gasteiger partial charge on any atom is -0.464 e. The number of carbonyl (C=O) groups is 2. The number of hydrogen-bond donors (Lipinski definition) is 1. The molecule has 142 valence electrons. The van der Waals surface area contributed by atoms with Crippen LogP contribution < -0.4 is 5.32 Å². The predicted octanol–water partition coefficient (Wildman–Crippen LogP) is 2.98. The highest BCUT2D eigenvalue weighted by Crippen LogP contribution is 2.41. The predicted molar refractivity (Wildman–Crippen MR) is 106 cm³/mol. The third kappa shape index (κ3) is 2.93. The quantitative estimate of drug-likeness (QED) is 0.756. The van der Waals surface area contributed by atoms with Gasteiger partial charge < -0.3 is 10.1 Å². The average Bonchev–Trinajstić information content (AvgIpc) is 2.63. The summed E-state index contributed by atoms with van der Waals surface area (Å²) in [7, 11) is 0. The van der Waals surface area contributed by atoms with Gasteiger partial charge in [-0.1, -0.05) is 15.9 Å². The second-order valence-corrected chi connectivity index (χ2v) is 8.15. The smallest absolute Gasteiger partial charge is 0.330 e. The summed E-state index contributed by atoms with van der Waals surface area (Å²) in [5, 5.41) is 3.72. The summed E-state index contributed by atoms with van der Waals surface area (Å²) < 4.78 is 6.16. The lowest BCUT2D eigenvalue weighted by atomic mass is 9.82. The zero-order valence-corrected chi connectivity index (χ0v) is 17.2. The molecular weight excluding hydrogens is 410 g/mol. The molecule has 7 heteroatoms. The van der Waals surface area contributed by atoms with Crippen molar-refractivity contribution < 1.29 is 14.3 Å². The highest BCUT2D eigenvalue weighted by atomic mass is 79.9. The lowest BCUT2D eigenvalue weighted by molar-refractivity contribution is -0.148. The van der Waals surface area contributed by atoms with Crippen LogP contribution in [0.4, 0.5) is 0 Å². The topological polar surface area (TPSA) is 71.5 Å². The van der Waals surface area contributed by atoms with E-state index in [-0.39, 0.29) is 24.6 Å². The summed E-state index contributed by atoms with van der Waals surface area (Å²) >= 11 is 3.49. The van der Waals surface area contributed by atoms with Crippen molar-refractivity contribution in [3.8, 4) is 0 Å². The maximum absolute atomic E-state index is 13.1. The normalized spacial score (nSPS) is 21.9. The Hall–Kier alpha value is -1.99. The summed E-state index contributed by atoms with van der Waals surface area (Å²) in [5.41, 5.74) is 3.22. The van der Waals surface area contributed by atoms with Crippen molar-refractivity contribution in [3.05, 3.63) is 39.5 Å². The number of hydrogen-bond acceptors (Lipinski definition) is 5. The summed E-state index contributed by atoms with van der Waals surface area (Å²) in [6, 6.07) is 5.01. The summed E-state index contributed by atoms with van der Waals surface area (Å²) in [4.78, 5) is 32.8. The summed E-state index contributed by atoms with van der Waals surface area (Å²) in [5.74, 6) is -0.633. The molecule has 2 aromatic rings. The van der Waals surface area contributed by atoms with Gasteiger partial charge in [0.25, 0.3) is 5.91 Å². The van der Waals surface area contributed by atoms with Crippen LogP contribution in [-0.4, -0.2) is 47.0 Å². The van der Waals surface area contributed by atoms with Gasteiger partial charge in [-0.05, 0) is 39.0 Å². The molecule has 2 aliphatic rings. The van der Waals surface area contributed by atoms with E-state index >= 15 is 0 Å². The van der Waals surface area contributed by atoms with Crippen molar-refractivity contribution >= 4 is 38.7 Å². The number of halogens is 1. The molecule has 1 amide bonds. The Labute approximate surface area is 166 Å². The zero-order valence-electron chi connectivity index (χ0n) is 15.6. The molecule has 27 heavy (non-hydrogen) atoms. The molecule has 0 aliphatic carbocycles. The maximum atomic E-state index is 13.1. The van der Waals surface area contributed by atoms with E-state index in [1.54, 1.807) is 6.92 Å². The van der Waals surface area contributed by atoms with E-state index in [2.05, 4.69) is 40.0 Å². The van der Waals surface area contributed by atoms with Crippen LogP contribution in [0.5, 0.6) is 0 Å². The SMILES string of the molecule is CCOC(=O)[C@@H]1NC(=O)c2c3c(nc4ccc(Br)cc24)CCN(C(C)C)[C@@H]31. The van der Waals surface area contributed by atoms with Crippen LogP contribution in [0.25, 0.3) is 10.9 Å². The molecule has 6 nitrogen and oxygen atoms in total. The minimum atomic E-state index is -0.724. The Morgan fingerprint density at radius 1 is 1.44 bits per heavy atom. The number of fused-ring (bicyclic) bond motifs is 2. The molecule has 0 unspecified atom stereocenters. The fraction of sp³-hybridized carbons (Fsp3) is 0.450. The first-order valence-corrected chi connectivity index (χ1v) is 10.1. The number of nitrogens with one attached hydrogen (secondary N) is 1. The fourth-order valence-electron chi connectivity index (χ4n) is 4.24. The van der Waals surface area contributed by atoms with Gasteiger partial charge >= 0.3 is 5.97 Å². The van der Waals surface area contributed by atoms with Gasteiger partial charge in [0.1, 0.15) is 6.04 Å². The van der Waals surface area contributed by atoms with E-state index in [4.69, 9.17) is 9.72 Å². The lowest BCUT2D eigenvalue weighted by Crippen LogP contribution is -2.58. The lowest BCUT2D eigenvalue weighted by Gasteiger charge is -2.45. The first-order valence-electron chi connectivity index (χ1n) is 9.27. The maximum Gasteiger partial charge on any atom is 0.330 e. The fourth-order valence-corrected chi connectivity index (χ4v) is 4.61. The molecule has 1 N–H and O–H groups in total. The zero-order chi connectivity index (χ0) is 19.3. The number of ether oxygens (including phenoxy) is 1. The number of nitrogens with zero attached hydrogens (tertiary/aromatic N) is 2. The number of benzene rings is 1. The van der Waals surface area contributed by atoms with Crippen molar-refractivity contribution in [1.29, 1.82) is 0 Å². The van der Waals surface area contributed by atoms with Gasteiger partial charge in [0.2, 0.25) is 0 Å². The Morgan fingerprint density at radius 3 is 2.93 bits per heavy atom. The Morgan fingerprint density at radius 2 is 2.22 bits per heavy atom. The van der Waals surface area contributed by atoms with Crippen LogP contribution in [0.15, 0.2) is 22.7 Å². The van der Waals surface area contributed by atoms with E-state index in [1.165, 1.54) is 0 Å². The van der Waals surface area contributed by atoms with E-state index in [0.29, 0.717) is 5.56 Å². The van der Waals surface area contributed by atoms with Gasteiger partial charge in [-0.25, -0.2) is 4.79 Å². The van der Waals surface area contributed by atoms with Crippen LogP contribution in [0.2, 0.25) is 0 Å². The van der Waals surface area contributed by atoms with Crippen molar-refractivity contribution in [2.45, 2.75) is 45.3 Å². The molecule has 0 spiro atoms. The largest absolute Gasteiger partial charge is 0.464 e. The minimum absolute atomic E-state index is 0.223. The van der Waals surface area contributed by atoms with Crippen LogP contribution in [0.1, 0.15) is 48.4 Å². The first kappa shape index (κ1) is 18.4. The number of esters is 1. The number of rotatable bonds is 3. The Balaban J connectivity index is 1.98. The van der Waals surface area contributed by atoms with Gasteiger partial charge in [0.15, 0.2) is 0 Å². The highest BCUT2D eigenvalue weighted by molar-refractivity contribution is 9.10. The Bertz CT molecular complexity index is 944. The third-order valence-electron chi connectivity index (χ3n) is 5.36. The molecular formula is C20H22BrN3O3.